The number of hydrogen-bond acceptors (Lipinski definition) is 5. The van der Waals surface area contributed by atoms with Crippen LogP contribution in [0.2, 0.25) is 0 Å². The molecule has 0 radical (unpaired) electrons. The fourth-order valence-corrected chi connectivity index (χ4v) is 3.21. The summed E-state index contributed by atoms with van der Waals surface area (Å²) in [6.45, 7) is 4.38. The molecule has 1 aliphatic rings. The number of rotatable bonds is 4. The molecule has 0 N–H and O–H groups in total. The second-order valence-corrected chi connectivity index (χ2v) is 5.77. The predicted octanol–water partition coefficient (Wildman–Crippen LogP) is 2.79. The normalized spacial score (nSPS) is 16.3. The molecule has 3 rings (SSSR count). The van der Waals surface area contributed by atoms with Gasteiger partial charge in [-0.3, -0.25) is 4.79 Å². The van der Waals surface area contributed by atoms with Crippen LogP contribution in [0.3, 0.4) is 0 Å². The van der Waals surface area contributed by atoms with Crippen molar-refractivity contribution in [2.75, 3.05) is 0 Å². The second kappa shape index (κ2) is 5.79. The number of nitrogens with zero attached hydrogens (tertiary/aromatic N) is 4. The van der Waals surface area contributed by atoms with E-state index in [1.165, 1.54) is 19.3 Å². The molecule has 2 aromatic rings. The highest BCUT2D eigenvalue weighted by atomic mass is 16.5. The Labute approximate surface area is 123 Å². The topological polar surface area (TPSA) is 73.8 Å². The summed E-state index contributed by atoms with van der Waals surface area (Å²) in [5, 5.41) is 12.2. The van der Waals surface area contributed by atoms with Crippen molar-refractivity contribution < 1.29 is 9.32 Å². The number of carbonyl (C=O) groups is 1. The maximum absolute atomic E-state index is 11.3. The monoisotopic (exact) mass is 288 g/mol. The van der Waals surface area contributed by atoms with Gasteiger partial charge in [0.05, 0.1) is 17.9 Å². The molecule has 0 saturated heterocycles. The molecule has 0 unspecified atom stereocenters. The molecule has 0 spiro atoms. The lowest BCUT2D eigenvalue weighted by Gasteiger charge is -2.22. The third kappa shape index (κ3) is 2.62. The third-order valence-corrected chi connectivity index (χ3v) is 4.39. The van der Waals surface area contributed by atoms with Crippen molar-refractivity contribution in [2.24, 2.45) is 0 Å². The molecule has 1 fully saturated rings. The van der Waals surface area contributed by atoms with E-state index in [-0.39, 0.29) is 0 Å². The number of aromatic nitrogens is 4. The summed E-state index contributed by atoms with van der Waals surface area (Å²) in [5.74, 6) is 1.18. The van der Waals surface area contributed by atoms with Gasteiger partial charge in [0, 0.05) is 11.5 Å². The highest BCUT2D eigenvalue weighted by molar-refractivity contribution is 5.73. The molecule has 0 aliphatic heterocycles. The van der Waals surface area contributed by atoms with E-state index in [0.29, 0.717) is 18.2 Å². The minimum atomic E-state index is 0.384. The fourth-order valence-electron chi connectivity index (χ4n) is 3.21. The van der Waals surface area contributed by atoms with Crippen LogP contribution in [0.4, 0.5) is 0 Å². The van der Waals surface area contributed by atoms with E-state index in [1.54, 1.807) is 0 Å². The number of hydrogen-bond donors (Lipinski definition) is 0. The molecule has 21 heavy (non-hydrogen) atoms. The van der Waals surface area contributed by atoms with Crippen molar-refractivity contribution in [1.29, 1.82) is 0 Å². The molecule has 0 bridgehead atoms. The summed E-state index contributed by atoms with van der Waals surface area (Å²) in [4.78, 5) is 11.3. The molecule has 6 nitrogen and oxygen atoms in total. The minimum absolute atomic E-state index is 0.384. The Morgan fingerprint density at radius 1 is 1.29 bits per heavy atom. The Bertz CT molecular complexity index is 619. The number of aryl methyl sites for hydroxylation is 2. The van der Waals surface area contributed by atoms with Crippen molar-refractivity contribution in [3.63, 3.8) is 0 Å². The van der Waals surface area contributed by atoms with E-state index in [0.717, 1.165) is 41.8 Å². The van der Waals surface area contributed by atoms with E-state index in [1.807, 2.05) is 18.5 Å². The summed E-state index contributed by atoms with van der Waals surface area (Å²) < 4.78 is 7.06. The van der Waals surface area contributed by atoms with Gasteiger partial charge in [-0.15, -0.1) is 5.10 Å². The summed E-state index contributed by atoms with van der Waals surface area (Å²) in [6, 6.07) is 0. The first-order valence-electron chi connectivity index (χ1n) is 7.51. The first-order chi connectivity index (χ1) is 10.2. The van der Waals surface area contributed by atoms with Gasteiger partial charge in [0.1, 0.15) is 11.5 Å². The quantitative estimate of drug-likeness (QED) is 0.809. The van der Waals surface area contributed by atoms with E-state index in [4.69, 9.17) is 4.52 Å². The lowest BCUT2D eigenvalue weighted by atomic mass is 9.86. The molecule has 2 heterocycles. The molecule has 6 heteroatoms. The first kappa shape index (κ1) is 14.0. The molecule has 1 aliphatic carbocycles. The number of aldehydes is 1. The Kier molecular flexibility index (Phi) is 3.86. The van der Waals surface area contributed by atoms with Crippen LogP contribution in [-0.4, -0.2) is 26.4 Å². The zero-order valence-electron chi connectivity index (χ0n) is 12.5. The van der Waals surface area contributed by atoms with Crippen LogP contribution in [0.25, 0.3) is 0 Å². The molecular weight excluding hydrogens is 268 g/mol. The highest BCUT2D eigenvalue weighted by Crippen LogP contribution is 2.33. The lowest BCUT2D eigenvalue weighted by Crippen LogP contribution is -2.15. The van der Waals surface area contributed by atoms with E-state index >= 15 is 0 Å². The molecule has 1 saturated carbocycles. The van der Waals surface area contributed by atoms with Crippen LogP contribution < -0.4 is 0 Å². The van der Waals surface area contributed by atoms with Crippen molar-refractivity contribution in [2.45, 2.75) is 58.4 Å². The first-order valence-corrected chi connectivity index (χ1v) is 7.51. The lowest BCUT2D eigenvalue weighted by molar-refractivity contribution is 0.111. The largest absolute Gasteiger partial charge is 0.361 e. The Morgan fingerprint density at radius 3 is 2.67 bits per heavy atom. The van der Waals surface area contributed by atoms with Crippen LogP contribution in [0.5, 0.6) is 0 Å². The van der Waals surface area contributed by atoms with Crippen LogP contribution in [-0.2, 0) is 6.54 Å². The van der Waals surface area contributed by atoms with Gasteiger partial charge in [-0.2, -0.15) is 0 Å². The van der Waals surface area contributed by atoms with Gasteiger partial charge < -0.3 is 4.52 Å². The molecule has 2 aromatic heterocycles. The maximum atomic E-state index is 11.3. The average Bonchev–Trinajstić information content (AvgIpc) is 3.06. The number of carbonyl (C=O) groups excluding carboxylic acids is 1. The molecule has 0 amide bonds. The van der Waals surface area contributed by atoms with Crippen LogP contribution in [0, 0.1) is 13.8 Å². The van der Waals surface area contributed by atoms with Crippen molar-refractivity contribution in [3.05, 3.63) is 28.4 Å². The zero-order chi connectivity index (χ0) is 14.8. The Balaban J connectivity index is 1.95. The highest BCUT2D eigenvalue weighted by Gasteiger charge is 2.25. The van der Waals surface area contributed by atoms with Gasteiger partial charge >= 0.3 is 0 Å². The standard InChI is InChI=1S/C15H20N4O2/c1-10-13(11(2)21-17-10)8-19-15(14(9-20)16-18-19)12-6-4-3-5-7-12/h9,12H,3-8H2,1-2H3. The average molecular weight is 288 g/mol. The molecular formula is C15H20N4O2. The van der Waals surface area contributed by atoms with Crippen molar-refractivity contribution >= 4 is 6.29 Å². The van der Waals surface area contributed by atoms with Crippen LogP contribution in [0.15, 0.2) is 4.52 Å². The van der Waals surface area contributed by atoms with Crippen molar-refractivity contribution in [1.82, 2.24) is 20.2 Å². The van der Waals surface area contributed by atoms with E-state index in [2.05, 4.69) is 15.5 Å². The van der Waals surface area contributed by atoms with Crippen LogP contribution >= 0.6 is 0 Å². The SMILES string of the molecule is Cc1noc(C)c1Cn1nnc(C=O)c1C1CCCCC1. The van der Waals surface area contributed by atoms with Gasteiger partial charge in [0.15, 0.2) is 6.29 Å². The van der Waals surface area contributed by atoms with Crippen LogP contribution in [0.1, 0.15) is 71.2 Å². The molecule has 112 valence electrons. The van der Waals surface area contributed by atoms with Crippen molar-refractivity contribution in [3.8, 4) is 0 Å². The zero-order valence-corrected chi connectivity index (χ0v) is 12.5. The van der Waals surface area contributed by atoms with E-state index in [9.17, 15) is 4.79 Å². The smallest absolute Gasteiger partial charge is 0.172 e. The van der Waals surface area contributed by atoms with Gasteiger partial charge in [-0.25, -0.2) is 4.68 Å². The summed E-state index contributed by atoms with van der Waals surface area (Å²) in [5.41, 5.74) is 3.35. The Hall–Kier alpha value is -1.98. The summed E-state index contributed by atoms with van der Waals surface area (Å²) >= 11 is 0. The minimum Gasteiger partial charge on any atom is -0.361 e. The summed E-state index contributed by atoms with van der Waals surface area (Å²) in [7, 11) is 0. The van der Waals surface area contributed by atoms with Gasteiger partial charge in [0.2, 0.25) is 0 Å². The molecule has 0 atom stereocenters. The third-order valence-electron chi connectivity index (χ3n) is 4.39. The summed E-state index contributed by atoms with van der Waals surface area (Å²) in [6.07, 6.45) is 6.73. The second-order valence-electron chi connectivity index (χ2n) is 5.77. The maximum Gasteiger partial charge on any atom is 0.172 e. The van der Waals surface area contributed by atoms with E-state index < -0.39 is 0 Å². The van der Waals surface area contributed by atoms with Gasteiger partial charge in [-0.05, 0) is 26.7 Å². The predicted molar refractivity (Wildman–Crippen MR) is 76.3 cm³/mol. The molecule has 0 aromatic carbocycles. The van der Waals surface area contributed by atoms with Gasteiger partial charge in [0.25, 0.3) is 0 Å². The fraction of sp³-hybridized carbons (Fsp3) is 0.600. The van der Waals surface area contributed by atoms with Gasteiger partial charge in [-0.1, -0.05) is 29.6 Å². The Morgan fingerprint density at radius 2 is 2.05 bits per heavy atom.